The maximum absolute atomic E-state index is 13.3. The number of Topliss-reactive ketones (excluding diaryl/α,β-unsaturated/α-hetero) is 1. The van der Waals surface area contributed by atoms with Gasteiger partial charge in [0.1, 0.15) is 15.8 Å². The van der Waals surface area contributed by atoms with Crippen LogP contribution in [0.15, 0.2) is 58.3 Å². The number of hydrogen-bond acceptors (Lipinski definition) is 7. The summed E-state index contributed by atoms with van der Waals surface area (Å²) in [4.78, 5) is 24.3. The number of nitrogens with one attached hydrogen (secondary N) is 2. The summed E-state index contributed by atoms with van der Waals surface area (Å²) in [5.41, 5.74) is 2.61. The molecule has 4 rings (SSSR count). The van der Waals surface area contributed by atoms with Gasteiger partial charge in [-0.2, -0.15) is 4.72 Å². The summed E-state index contributed by atoms with van der Waals surface area (Å²) in [5, 5.41) is 2.87. The number of carbonyl (C=O) groups excluding carboxylic acids is 1. The van der Waals surface area contributed by atoms with Gasteiger partial charge in [-0.25, -0.2) is 18.4 Å². The van der Waals surface area contributed by atoms with Crippen LogP contribution in [0.5, 0.6) is 0 Å². The molecular weight excluding hydrogens is 501 g/mol. The number of carbonyl (C=O) groups is 1. The molecule has 0 aliphatic heterocycles. The Morgan fingerprint density at radius 1 is 1.11 bits per heavy atom. The van der Waals surface area contributed by atoms with Crippen LogP contribution >= 0.6 is 22.7 Å². The number of sulfonamides is 1. The molecule has 4 aromatic rings. The summed E-state index contributed by atoms with van der Waals surface area (Å²) in [7, 11) is -3.77. The first-order valence-corrected chi connectivity index (χ1v) is 14.6. The van der Waals surface area contributed by atoms with E-state index >= 15 is 0 Å². The van der Waals surface area contributed by atoms with Crippen molar-refractivity contribution in [3.63, 3.8) is 0 Å². The molecule has 0 aliphatic rings. The van der Waals surface area contributed by atoms with Crippen LogP contribution in [0.2, 0.25) is 0 Å². The third-order valence-electron chi connectivity index (χ3n) is 5.55. The van der Waals surface area contributed by atoms with Crippen molar-refractivity contribution in [3.05, 3.63) is 64.9 Å². The fourth-order valence-corrected chi connectivity index (χ4v) is 6.96. The molecule has 35 heavy (non-hydrogen) atoms. The summed E-state index contributed by atoms with van der Waals surface area (Å²) in [6.45, 7) is 3.52. The summed E-state index contributed by atoms with van der Waals surface area (Å²) in [5.74, 6) is 0.746. The van der Waals surface area contributed by atoms with Gasteiger partial charge in [-0.1, -0.05) is 43.2 Å². The number of aromatic nitrogens is 3. The molecule has 0 amide bonds. The molecule has 2 N–H and O–H groups in total. The summed E-state index contributed by atoms with van der Waals surface area (Å²) >= 11 is 2.74. The quantitative estimate of drug-likeness (QED) is 0.215. The van der Waals surface area contributed by atoms with E-state index < -0.39 is 16.1 Å². The van der Waals surface area contributed by atoms with Crippen LogP contribution in [0.25, 0.3) is 21.8 Å². The van der Waals surface area contributed by atoms with Crippen molar-refractivity contribution in [1.82, 2.24) is 19.7 Å². The summed E-state index contributed by atoms with van der Waals surface area (Å²) < 4.78 is 29.7. The highest BCUT2D eigenvalue weighted by atomic mass is 32.2. The number of nitrogens with zero attached hydrogens (tertiary/aromatic N) is 2. The summed E-state index contributed by atoms with van der Waals surface area (Å²) in [6.07, 6.45) is 5.26. The Hall–Kier alpha value is -2.66. The van der Waals surface area contributed by atoms with Crippen LogP contribution in [0.1, 0.15) is 55.9 Å². The van der Waals surface area contributed by atoms with Crippen molar-refractivity contribution in [2.75, 3.05) is 0 Å². The van der Waals surface area contributed by atoms with Crippen LogP contribution in [-0.4, -0.2) is 29.2 Å². The normalized spacial score (nSPS) is 12.6. The van der Waals surface area contributed by atoms with Crippen LogP contribution in [0.3, 0.4) is 0 Å². The highest BCUT2D eigenvalue weighted by Gasteiger charge is 2.25. The predicted molar refractivity (Wildman–Crippen MR) is 141 cm³/mol. The van der Waals surface area contributed by atoms with E-state index in [2.05, 4.69) is 19.7 Å². The number of aromatic amines is 1. The van der Waals surface area contributed by atoms with Gasteiger partial charge in [-0.15, -0.1) is 22.7 Å². The number of ketones is 1. The van der Waals surface area contributed by atoms with Gasteiger partial charge >= 0.3 is 0 Å². The van der Waals surface area contributed by atoms with Gasteiger partial charge in [-0.05, 0) is 44.4 Å². The lowest BCUT2D eigenvalue weighted by Crippen LogP contribution is -2.29. The fourth-order valence-electron chi connectivity index (χ4n) is 3.75. The molecule has 7 nitrogen and oxygen atoms in total. The van der Waals surface area contributed by atoms with Crippen LogP contribution in [0.4, 0.5) is 0 Å². The average Bonchev–Trinajstić information content (AvgIpc) is 3.59. The van der Waals surface area contributed by atoms with Gasteiger partial charge in [-0.3, -0.25) is 0 Å². The average molecular weight is 529 g/mol. The molecular formula is C25H28N4O3S3. The molecule has 1 aromatic carbocycles. The molecule has 184 valence electrons. The van der Waals surface area contributed by atoms with Crippen LogP contribution in [0, 0.1) is 6.92 Å². The highest BCUT2D eigenvalue weighted by molar-refractivity contribution is 7.91. The number of thiophene rings is 1. The smallest absolute Gasteiger partial charge is 0.250 e. The highest BCUT2D eigenvalue weighted by Crippen LogP contribution is 2.32. The lowest BCUT2D eigenvalue weighted by molar-refractivity contribution is -0.117. The van der Waals surface area contributed by atoms with E-state index in [-0.39, 0.29) is 9.99 Å². The first-order valence-electron chi connectivity index (χ1n) is 11.5. The molecule has 0 fully saturated rings. The minimum atomic E-state index is -3.77. The number of aryl methyl sites for hydroxylation is 1. The second-order valence-electron chi connectivity index (χ2n) is 8.39. The predicted octanol–water partition coefficient (Wildman–Crippen LogP) is 6.13. The fraction of sp³-hybridized carbons (Fsp3) is 0.320. The number of H-pyrrole nitrogens is 1. The summed E-state index contributed by atoms with van der Waals surface area (Å²) in [6, 6.07) is 12.7. The number of thiazole rings is 1. The number of rotatable bonds is 12. The van der Waals surface area contributed by atoms with E-state index in [1.165, 1.54) is 22.7 Å². The van der Waals surface area contributed by atoms with Gasteiger partial charge in [0.15, 0.2) is 0 Å². The molecule has 0 unspecified atom stereocenters. The van der Waals surface area contributed by atoms with E-state index in [0.29, 0.717) is 18.7 Å². The second-order valence-corrected chi connectivity index (χ2v) is 12.5. The third kappa shape index (κ3) is 6.72. The van der Waals surface area contributed by atoms with Crippen LogP contribution in [-0.2, 0) is 14.8 Å². The van der Waals surface area contributed by atoms with Gasteiger partial charge in [0.25, 0.3) is 10.0 Å². The van der Waals surface area contributed by atoms with Crippen molar-refractivity contribution < 1.29 is 13.2 Å². The van der Waals surface area contributed by atoms with Gasteiger partial charge in [0.05, 0.1) is 33.5 Å². The molecule has 3 heterocycles. The van der Waals surface area contributed by atoms with E-state index in [1.54, 1.807) is 25.3 Å². The van der Waals surface area contributed by atoms with E-state index in [1.807, 2.05) is 42.6 Å². The topological polar surface area (TPSA) is 105 Å². The minimum absolute atomic E-state index is 0.171. The molecule has 0 radical (unpaired) electrons. The lowest BCUT2D eigenvalue weighted by atomic mass is 10.1. The van der Waals surface area contributed by atoms with Crippen molar-refractivity contribution >= 4 is 38.5 Å². The zero-order valence-electron chi connectivity index (χ0n) is 19.7. The Morgan fingerprint density at radius 2 is 1.91 bits per heavy atom. The Kier molecular flexibility index (Phi) is 8.27. The first kappa shape index (κ1) is 25.4. The lowest BCUT2D eigenvalue weighted by Gasteiger charge is -2.16. The Bertz CT molecular complexity index is 1370. The van der Waals surface area contributed by atoms with E-state index in [9.17, 15) is 13.2 Å². The zero-order valence-corrected chi connectivity index (χ0v) is 22.1. The molecule has 0 bridgehead atoms. The molecule has 0 spiro atoms. The van der Waals surface area contributed by atoms with Crippen molar-refractivity contribution in [1.29, 1.82) is 0 Å². The molecule has 1 atom stereocenters. The maximum Gasteiger partial charge on any atom is 0.250 e. The first-order chi connectivity index (χ1) is 16.8. The third-order valence-corrected chi connectivity index (χ3v) is 9.39. The van der Waals surface area contributed by atoms with Gasteiger partial charge in [0, 0.05) is 11.8 Å². The van der Waals surface area contributed by atoms with Gasteiger partial charge < -0.3 is 9.78 Å². The molecule has 0 saturated heterocycles. The Morgan fingerprint density at radius 3 is 2.63 bits per heavy atom. The van der Waals surface area contributed by atoms with Gasteiger partial charge in [0.2, 0.25) is 0 Å². The minimum Gasteiger partial charge on any atom is -0.341 e. The standard InChI is InChI=1S/C25H28N4O3S3/c1-17(30)9-5-3-8-12-20(25-26-15-21(28-25)19-10-6-4-7-11-19)29-35(31,32)24-14-13-23(34-24)22-16-33-18(2)27-22/h4,6-7,10-11,13-16,20,29H,3,5,8-9,12H2,1-2H3,(H,26,28)/t20-/m0/s1. The van der Waals surface area contributed by atoms with Crippen LogP contribution < -0.4 is 4.72 Å². The molecule has 3 aromatic heterocycles. The van der Waals surface area contributed by atoms with Crippen molar-refractivity contribution in [3.8, 4) is 21.8 Å². The van der Waals surface area contributed by atoms with E-state index in [4.69, 9.17) is 0 Å². The zero-order chi connectivity index (χ0) is 24.8. The number of imidazole rings is 1. The maximum atomic E-state index is 13.3. The molecule has 0 aliphatic carbocycles. The largest absolute Gasteiger partial charge is 0.341 e. The Labute approximate surface area is 213 Å². The molecule has 0 saturated carbocycles. The number of unbranched alkanes of at least 4 members (excludes halogenated alkanes) is 2. The second kappa shape index (κ2) is 11.4. The molecule has 10 heteroatoms. The SMILES string of the molecule is CC(=O)CCCCC[C@H](NS(=O)(=O)c1ccc(-c2csc(C)n2)s1)c1ncc(-c2ccccc2)[nH]1. The Balaban J connectivity index is 1.53. The number of benzene rings is 1. The van der Waals surface area contributed by atoms with Crippen molar-refractivity contribution in [2.24, 2.45) is 0 Å². The van der Waals surface area contributed by atoms with Crippen molar-refractivity contribution in [2.45, 2.75) is 56.2 Å². The number of hydrogen-bond donors (Lipinski definition) is 2. The van der Waals surface area contributed by atoms with E-state index in [0.717, 1.165) is 46.1 Å². The monoisotopic (exact) mass is 528 g/mol.